The Kier molecular flexibility index (Phi) is 8.77. The lowest BCUT2D eigenvalue weighted by atomic mass is 10.0. The number of nitrogen functional groups attached to an aromatic ring is 1. The van der Waals surface area contributed by atoms with Crippen molar-refractivity contribution in [3.63, 3.8) is 0 Å². The maximum absolute atomic E-state index is 14.0. The van der Waals surface area contributed by atoms with Crippen molar-refractivity contribution in [2.24, 2.45) is 5.73 Å². The topological polar surface area (TPSA) is 113 Å². The first-order valence-electron chi connectivity index (χ1n) is 12.2. The number of alkyl halides is 2. The summed E-state index contributed by atoms with van der Waals surface area (Å²) in [5.74, 6) is -1.14. The number of aromatic nitrogens is 2. The molecule has 2 atom stereocenters. The third kappa shape index (κ3) is 7.11. The van der Waals surface area contributed by atoms with Gasteiger partial charge in [0.05, 0.1) is 12.3 Å². The number of esters is 1. The second kappa shape index (κ2) is 12.4. The molecule has 0 fully saturated rings. The monoisotopic (exact) mass is 536 g/mol. The molecule has 0 spiro atoms. The number of carbonyl (C=O) groups excluding carboxylic acids is 1. The van der Waals surface area contributed by atoms with E-state index in [0.29, 0.717) is 22.4 Å². The van der Waals surface area contributed by atoms with Crippen LogP contribution in [-0.2, 0) is 16.0 Å². The number of nitrogens with zero attached hydrogens (tertiary/aromatic N) is 2. The summed E-state index contributed by atoms with van der Waals surface area (Å²) in [5, 5.41) is 0. The molecule has 0 saturated carbocycles. The molecule has 10 heteroatoms. The van der Waals surface area contributed by atoms with E-state index in [2.05, 4.69) is 9.97 Å². The number of rotatable bonds is 10. The largest absolute Gasteiger partial charge is 0.465 e. The minimum Gasteiger partial charge on any atom is -0.465 e. The van der Waals surface area contributed by atoms with Gasteiger partial charge in [0.1, 0.15) is 11.9 Å². The zero-order chi connectivity index (χ0) is 27.9. The van der Waals surface area contributed by atoms with Gasteiger partial charge in [-0.2, -0.15) is 4.98 Å². The molecule has 39 heavy (non-hydrogen) atoms. The predicted molar refractivity (Wildman–Crippen MR) is 141 cm³/mol. The summed E-state index contributed by atoms with van der Waals surface area (Å²) in [7, 11) is 0. The summed E-state index contributed by atoms with van der Waals surface area (Å²) in [6.45, 7) is 1.96. The van der Waals surface area contributed by atoms with Gasteiger partial charge in [-0.05, 0) is 47.7 Å². The van der Waals surface area contributed by atoms with Crippen LogP contribution in [0.5, 0.6) is 5.88 Å². The van der Waals surface area contributed by atoms with Crippen LogP contribution in [-0.4, -0.2) is 35.0 Å². The van der Waals surface area contributed by atoms with Crippen molar-refractivity contribution in [1.29, 1.82) is 0 Å². The molecule has 1 aromatic heterocycles. The standard InChI is InChI=1S/C29H27F3N4O3/c1-2-38-28(37)23(33)14-17-6-8-19(9-7-17)24-16-25(36-29(34)35-24)39-26(27(31)32)20-12-10-18(11-13-20)21-4-3-5-22(30)15-21/h3-13,15-16,23,26-27H,2,14,33H2,1H3,(H2,34,35,36)/t23-,26?/m0/s1. The van der Waals surface area contributed by atoms with Crippen LogP contribution in [0.25, 0.3) is 22.4 Å². The molecule has 4 aromatic rings. The van der Waals surface area contributed by atoms with Crippen LogP contribution in [0.4, 0.5) is 19.1 Å². The Labute approximate surface area is 223 Å². The summed E-state index contributed by atoms with van der Waals surface area (Å²) in [6, 6.07) is 19.9. The van der Waals surface area contributed by atoms with Crippen molar-refractivity contribution >= 4 is 11.9 Å². The highest BCUT2D eigenvalue weighted by Gasteiger charge is 2.26. The van der Waals surface area contributed by atoms with Crippen LogP contribution in [0.15, 0.2) is 78.9 Å². The molecule has 0 radical (unpaired) electrons. The Morgan fingerprint density at radius 3 is 2.26 bits per heavy atom. The normalized spacial score (nSPS) is 12.7. The van der Waals surface area contributed by atoms with Gasteiger partial charge in [-0.1, -0.05) is 60.7 Å². The van der Waals surface area contributed by atoms with E-state index in [4.69, 9.17) is 20.9 Å². The third-order valence-electron chi connectivity index (χ3n) is 5.89. The Balaban J connectivity index is 1.52. The molecule has 1 unspecified atom stereocenters. The fraction of sp³-hybridized carbons (Fsp3) is 0.207. The first-order chi connectivity index (χ1) is 18.7. The average Bonchev–Trinajstić information content (AvgIpc) is 2.92. The number of anilines is 1. The molecule has 0 aliphatic heterocycles. The molecule has 202 valence electrons. The highest BCUT2D eigenvalue weighted by Crippen LogP contribution is 2.31. The van der Waals surface area contributed by atoms with Gasteiger partial charge < -0.3 is 20.9 Å². The van der Waals surface area contributed by atoms with E-state index >= 15 is 0 Å². The van der Waals surface area contributed by atoms with Crippen molar-refractivity contribution in [2.45, 2.75) is 31.9 Å². The molecule has 0 aliphatic rings. The summed E-state index contributed by atoms with van der Waals surface area (Å²) < 4.78 is 52.1. The number of hydrogen-bond donors (Lipinski definition) is 2. The van der Waals surface area contributed by atoms with Crippen LogP contribution in [0.3, 0.4) is 0 Å². The molecule has 3 aromatic carbocycles. The molecular weight excluding hydrogens is 509 g/mol. The van der Waals surface area contributed by atoms with E-state index in [1.54, 1.807) is 55.5 Å². The first-order valence-corrected chi connectivity index (χ1v) is 12.2. The Morgan fingerprint density at radius 1 is 0.923 bits per heavy atom. The van der Waals surface area contributed by atoms with Crippen molar-refractivity contribution in [1.82, 2.24) is 9.97 Å². The van der Waals surface area contributed by atoms with E-state index in [1.807, 2.05) is 0 Å². The highest BCUT2D eigenvalue weighted by molar-refractivity contribution is 5.76. The minimum atomic E-state index is -2.87. The van der Waals surface area contributed by atoms with Gasteiger partial charge >= 0.3 is 5.97 Å². The van der Waals surface area contributed by atoms with E-state index in [1.165, 1.54) is 30.3 Å². The smallest absolute Gasteiger partial charge is 0.323 e. The first kappa shape index (κ1) is 27.6. The Morgan fingerprint density at radius 2 is 1.62 bits per heavy atom. The van der Waals surface area contributed by atoms with E-state index < -0.39 is 30.4 Å². The van der Waals surface area contributed by atoms with E-state index in [9.17, 15) is 18.0 Å². The van der Waals surface area contributed by atoms with Crippen molar-refractivity contribution in [3.8, 4) is 28.3 Å². The van der Waals surface area contributed by atoms with Gasteiger partial charge in [0, 0.05) is 11.6 Å². The van der Waals surface area contributed by atoms with Gasteiger partial charge in [-0.15, -0.1) is 0 Å². The molecular formula is C29H27F3N4O3. The van der Waals surface area contributed by atoms with E-state index in [0.717, 1.165) is 5.56 Å². The molecule has 7 nitrogen and oxygen atoms in total. The number of hydrogen-bond acceptors (Lipinski definition) is 7. The molecule has 0 saturated heterocycles. The summed E-state index contributed by atoms with van der Waals surface area (Å²) in [6.07, 6.45) is -4.21. The van der Waals surface area contributed by atoms with Gasteiger partial charge in [-0.25, -0.2) is 18.2 Å². The maximum atomic E-state index is 14.0. The minimum absolute atomic E-state index is 0.120. The van der Waals surface area contributed by atoms with Crippen molar-refractivity contribution in [2.75, 3.05) is 12.3 Å². The van der Waals surface area contributed by atoms with Crippen LogP contribution in [0.2, 0.25) is 0 Å². The molecule has 4 N–H and O–H groups in total. The molecule has 0 aliphatic carbocycles. The lowest BCUT2D eigenvalue weighted by molar-refractivity contribution is -0.144. The molecule has 0 amide bonds. The Hall–Kier alpha value is -4.44. The zero-order valence-electron chi connectivity index (χ0n) is 21.1. The highest BCUT2D eigenvalue weighted by atomic mass is 19.3. The van der Waals surface area contributed by atoms with Gasteiger partial charge in [0.25, 0.3) is 6.43 Å². The van der Waals surface area contributed by atoms with Crippen molar-refractivity contribution in [3.05, 3.63) is 95.8 Å². The number of benzene rings is 3. The fourth-order valence-corrected chi connectivity index (χ4v) is 3.98. The SMILES string of the molecule is CCOC(=O)[C@@H](N)Cc1ccc(-c2cc(OC(c3ccc(-c4cccc(F)c4)cc3)C(F)F)nc(N)n2)cc1. The summed E-state index contributed by atoms with van der Waals surface area (Å²) >= 11 is 0. The van der Waals surface area contributed by atoms with Crippen LogP contribution in [0, 0.1) is 5.82 Å². The van der Waals surface area contributed by atoms with Gasteiger partial charge in [0.2, 0.25) is 11.8 Å². The van der Waals surface area contributed by atoms with Crippen LogP contribution < -0.4 is 16.2 Å². The maximum Gasteiger partial charge on any atom is 0.323 e. The lowest BCUT2D eigenvalue weighted by Crippen LogP contribution is -2.34. The lowest BCUT2D eigenvalue weighted by Gasteiger charge is -2.19. The number of halogens is 3. The quantitative estimate of drug-likeness (QED) is 0.263. The predicted octanol–water partition coefficient (Wildman–Crippen LogP) is 5.35. The average molecular weight is 537 g/mol. The molecule has 1 heterocycles. The van der Waals surface area contributed by atoms with Gasteiger partial charge in [-0.3, -0.25) is 4.79 Å². The molecule has 4 rings (SSSR count). The number of carbonyl (C=O) groups is 1. The van der Waals surface area contributed by atoms with Crippen LogP contribution >= 0.6 is 0 Å². The van der Waals surface area contributed by atoms with Gasteiger partial charge in [0.15, 0.2) is 6.10 Å². The third-order valence-corrected chi connectivity index (χ3v) is 5.89. The summed E-state index contributed by atoms with van der Waals surface area (Å²) in [5.41, 5.74) is 15.1. The second-order valence-corrected chi connectivity index (χ2v) is 8.71. The number of nitrogens with two attached hydrogens (primary N) is 2. The molecule has 0 bridgehead atoms. The fourth-order valence-electron chi connectivity index (χ4n) is 3.98. The second-order valence-electron chi connectivity index (χ2n) is 8.71. The van der Waals surface area contributed by atoms with Crippen molar-refractivity contribution < 1.29 is 27.4 Å². The zero-order valence-corrected chi connectivity index (χ0v) is 21.1. The van der Waals surface area contributed by atoms with E-state index in [-0.39, 0.29) is 30.4 Å². The Bertz CT molecular complexity index is 1420. The summed E-state index contributed by atoms with van der Waals surface area (Å²) in [4.78, 5) is 20.0. The van der Waals surface area contributed by atoms with Crippen LogP contribution in [0.1, 0.15) is 24.2 Å². The number of ether oxygens (including phenoxy) is 2.